The highest BCUT2D eigenvalue weighted by atomic mass is 35.5. The van der Waals surface area contributed by atoms with Crippen LogP contribution in [-0.2, 0) is 6.54 Å². The molecule has 1 nitrogen and oxygen atoms in total. The number of nitrogens with zero attached hydrogens (tertiary/aromatic N) is 1. The van der Waals surface area contributed by atoms with Crippen LogP contribution < -0.4 is 0 Å². The van der Waals surface area contributed by atoms with Crippen LogP contribution in [0.4, 0.5) is 0 Å². The SMILES string of the molecule is C[C@@H]1CCCCN1Cc1cc(Cl)cc(Cl)c1. The quantitative estimate of drug-likeness (QED) is 0.761. The van der Waals surface area contributed by atoms with Crippen LogP contribution in [0.5, 0.6) is 0 Å². The third-order valence-electron chi connectivity index (χ3n) is 3.25. The molecule has 1 saturated heterocycles. The minimum Gasteiger partial charge on any atom is -0.296 e. The first-order valence-corrected chi connectivity index (χ1v) is 6.60. The Labute approximate surface area is 107 Å². The van der Waals surface area contributed by atoms with Crippen molar-refractivity contribution in [3.05, 3.63) is 33.8 Å². The van der Waals surface area contributed by atoms with Gasteiger partial charge in [-0.1, -0.05) is 29.6 Å². The normalized spacial score (nSPS) is 22.3. The lowest BCUT2D eigenvalue weighted by Crippen LogP contribution is -2.36. The summed E-state index contributed by atoms with van der Waals surface area (Å²) in [6, 6.07) is 6.47. The van der Waals surface area contributed by atoms with E-state index in [1.165, 1.54) is 31.4 Å². The molecule has 0 N–H and O–H groups in total. The number of hydrogen-bond acceptors (Lipinski definition) is 1. The highest BCUT2D eigenvalue weighted by Gasteiger charge is 2.18. The molecule has 0 bridgehead atoms. The first kappa shape index (κ1) is 12.2. The van der Waals surface area contributed by atoms with Crippen molar-refractivity contribution in [2.24, 2.45) is 0 Å². The fourth-order valence-corrected chi connectivity index (χ4v) is 2.90. The molecule has 1 aromatic rings. The fraction of sp³-hybridized carbons (Fsp3) is 0.538. The van der Waals surface area contributed by atoms with Crippen molar-refractivity contribution in [1.29, 1.82) is 0 Å². The van der Waals surface area contributed by atoms with E-state index in [9.17, 15) is 0 Å². The van der Waals surface area contributed by atoms with Crippen LogP contribution in [0.3, 0.4) is 0 Å². The van der Waals surface area contributed by atoms with Crippen molar-refractivity contribution in [1.82, 2.24) is 4.90 Å². The molecule has 16 heavy (non-hydrogen) atoms. The number of benzene rings is 1. The van der Waals surface area contributed by atoms with Crippen LogP contribution >= 0.6 is 23.2 Å². The summed E-state index contributed by atoms with van der Waals surface area (Å²) >= 11 is 12.0. The van der Waals surface area contributed by atoms with Crippen molar-refractivity contribution in [2.45, 2.75) is 38.8 Å². The lowest BCUT2D eigenvalue weighted by Gasteiger charge is -2.33. The Morgan fingerprint density at radius 3 is 2.50 bits per heavy atom. The molecule has 1 fully saturated rings. The van der Waals surface area contributed by atoms with Gasteiger partial charge in [-0.3, -0.25) is 4.90 Å². The molecule has 88 valence electrons. The van der Waals surface area contributed by atoms with Gasteiger partial charge in [0.1, 0.15) is 0 Å². The summed E-state index contributed by atoms with van der Waals surface area (Å²) in [5.74, 6) is 0. The van der Waals surface area contributed by atoms with Crippen LogP contribution in [0.25, 0.3) is 0 Å². The van der Waals surface area contributed by atoms with Crippen molar-refractivity contribution in [2.75, 3.05) is 6.54 Å². The molecule has 1 aliphatic heterocycles. The summed E-state index contributed by atoms with van der Waals surface area (Å²) in [5.41, 5.74) is 1.21. The second-order valence-electron chi connectivity index (χ2n) is 4.59. The first-order valence-electron chi connectivity index (χ1n) is 5.84. The summed E-state index contributed by atoms with van der Waals surface area (Å²) < 4.78 is 0. The highest BCUT2D eigenvalue weighted by molar-refractivity contribution is 6.34. The van der Waals surface area contributed by atoms with Gasteiger partial charge in [0.05, 0.1) is 0 Å². The van der Waals surface area contributed by atoms with E-state index in [1.807, 2.05) is 12.1 Å². The average Bonchev–Trinajstić information content (AvgIpc) is 2.20. The van der Waals surface area contributed by atoms with Crippen molar-refractivity contribution in [3.63, 3.8) is 0 Å². The number of hydrogen-bond donors (Lipinski definition) is 0. The van der Waals surface area contributed by atoms with Crippen molar-refractivity contribution in [3.8, 4) is 0 Å². The van der Waals surface area contributed by atoms with Gasteiger partial charge in [-0.25, -0.2) is 0 Å². The van der Waals surface area contributed by atoms with E-state index in [1.54, 1.807) is 6.07 Å². The van der Waals surface area contributed by atoms with Gasteiger partial charge >= 0.3 is 0 Å². The maximum atomic E-state index is 6.00. The van der Waals surface area contributed by atoms with E-state index in [4.69, 9.17) is 23.2 Å². The Kier molecular flexibility index (Phi) is 4.12. The molecule has 0 radical (unpaired) electrons. The molecule has 1 aliphatic rings. The first-order chi connectivity index (χ1) is 7.65. The van der Waals surface area contributed by atoms with Gasteiger partial charge in [0.2, 0.25) is 0 Å². The molecule has 1 aromatic carbocycles. The summed E-state index contributed by atoms with van der Waals surface area (Å²) in [6.07, 6.45) is 3.96. The topological polar surface area (TPSA) is 3.24 Å². The summed E-state index contributed by atoms with van der Waals surface area (Å²) in [5, 5.41) is 1.46. The molecule has 0 saturated carbocycles. The third kappa shape index (κ3) is 3.13. The molecule has 1 atom stereocenters. The third-order valence-corrected chi connectivity index (χ3v) is 3.69. The van der Waals surface area contributed by atoms with Gasteiger partial charge in [0, 0.05) is 22.6 Å². The Hall–Kier alpha value is -0.240. The number of rotatable bonds is 2. The van der Waals surface area contributed by atoms with Gasteiger partial charge in [-0.15, -0.1) is 0 Å². The number of piperidine rings is 1. The zero-order valence-corrected chi connectivity index (χ0v) is 11.1. The Morgan fingerprint density at radius 2 is 1.88 bits per heavy atom. The summed E-state index contributed by atoms with van der Waals surface area (Å²) in [4.78, 5) is 2.51. The molecule has 0 spiro atoms. The zero-order chi connectivity index (χ0) is 11.5. The van der Waals surface area contributed by atoms with Crippen LogP contribution in [0.2, 0.25) is 10.0 Å². The van der Waals surface area contributed by atoms with Gasteiger partial charge in [-0.2, -0.15) is 0 Å². The average molecular weight is 258 g/mol. The van der Waals surface area contributed by atoms with Gasteiger partial charge < -0.3 is 0 Å². The lowest BCUT2D eigenvalue weighted by molar-refractivity contribution is 0.152. The lowest BCUT2D eigenvalue weighted by atomic mass is 10.0. The second-order valence-corrected chi connectivity index (χ2v) is 5.47. The molecule has 0 unspecified atom stereocenters. The Balaban J connectivity index is 2.07. The Bertz CT molecular complexity index is 345. The zero-order valence-electron chi connectivity index (χ0n) is 9.55. The van der Waals surface area contributed by atoms with E-state index in [-0.39, 0.29) is 0 Å². The molecular formula is C13H17Cl2N. The van der Waals surface area contributed by atoms with E-state index in [0.717, 1.165) is 16.6 Å². The minimum absolute atomic E-state index is 0.673. The maximum absolute atomic E-state index is 6.00. The largest absolute Gasteiger partial charge is 0.296 e. The molecule has 0 amide bonds. The van der Waals surface area contributed by atoms with Crippen LogP contribution in [0.15, 0.2) is 18.2 Å². The van der Waals surface area contributed by atoms with Crippen molar-refractivity contribution < 1.29 is 0 Å². The number of halogens is 2. The fourth-order valence-electron chi connectivity index (χ4n) is 2.33. The van der Waals surface area contributed by atoms with Crippen LogP contribution in [0.1, 0.15) is 31.7 Å². The van der Waals surface area contributed by atoms with Crippen LogP contribution in [-0.4, -0.2) is 17.5 Å². The standard InChI is InChI=1S/C13H17Cl2N/c1-10-4-2-3-5-16(10)9-11-6-12(14)8-13(15)7-11/h6-8,10H,2-5,9H2,1H3/t10-/m1/s1. The van der Waals surface area contributed by atoms with E-state index >= 15 is 0 Å². The predicted octanol–water partition coefficient (Wildman–Crippen LogP) is 4.37. The predicted molar refractivity (Wildman–Crippen MR) is 70.2 cm³/mol. The number of likely N-dealkylation sites (tertiary alicyclic amines) is 1. The maximum Gasteiger partial charge on any atom is 0.0424 e. The Morgan fingerprint density at radius 1 is 1.19 bits per heavy atom. The van der Waals surface area contributed by atoms with Gasteiger partial charge in [0.25, 0.3) is 0 Å². The molecule has 0 aromatic heterocycles. The molecule has 1 heterocycles. The molecule has 0 aliphatic carbocycles. The van der Waals surface area contributed by atoms with E-state index in [0.29, 0.717) is 6.04 Å². The molecule has 3 heteroatoms. The van der Waals surface area contributed by atoms with Crippen molar-refractivity contribution >= 4 is 23.2 Å². The molecular weight excluding hydrogens is 241 g/mol. The minimum atomic E-state index is 0.673. The summed E-state index contributed by atoms with van der Waals surface area (Å²) in [7, 11) is 0. The highest BCUT2D eigenvalue weighted by Crippen LogP contribution is 2.23. The van der Waals surface area contributed by atoms with Gasteiger partial charge in [0.15, 0.2) is 0 Å². The van der Waals surface area contributed by atoms with Gasteiger partial charge in [-0.05, 0) is 50.1 Å². The van der Waals surface area contributed by atoms with E-state index < -0.39 is 0 Å². The van der Waals surface area contributed by atoms with E-state index in [2.05, 4.69) is 11.8 Å². The molecule has 2 rings (SSSR count). The second kappa shape index (κ2) is 5.39. The monoisotopic (exact) mass is 257 g/mol. The summed E-state index contributed by atoms with van der Waals surface area (Å²) in [6.45, 7) is 4.44. The van der Waals surface area contributed by atoms with Crippen LogP contribution in [0, 0.1) is 0 Å². The smallest absolute Gasteiger partial charge is 0.0424 e.